The SMILES string of the molecule is CCCC(=O)Nc1cncc(-c2ccc3[nH]nc(-c4cc5c(-c6cc(C)cc(F)c6)nccc5[nH]4)c3c2)c1. The molecular weight excluding hydrogens is 479 g/mol. The Bertz CT molecular complexity index is 1800. The molecule has 0 bridgehead atoms. The molecule has 0 fully saturated rings. The molecule has 7 nitrogen and oxygen atoms in total. The molecule has 0 radical (unpaired) electrons. The lowest BCUT2D eigenvalue weighted by molar-refractivity contribution is -0.116. The van der Waals surface area contributed by atoms with Crippen molar-refractivity contribution in [2.75, 3.05) is 5.32 Å². The van der Waals surface area contributed by atoms with E-state index in [-0.39, 0.29) is 11.7 Å². The second kappa shape index (κ2) is 9.55. The summed E-state index contributed by atoms with van der Waals surface area (Å²) in [6.45, 7) is 3.84. The van der Waals surface area contributed by atoms with Gasteiger partial charge in [0.2, 0.25) is 5.91 Å². The Balaban J connectivity index is 1.41. The van der Waals surface area contributed by atoms with Crippen molar-refractivity contribution in [2.45, 2.75) is 26.7 Å². The van der Waals surface area contributed by atoms with Crippen LogP contribution >= 0.6 is 0 Å². The number of carbonyl (C=O) groups is 1. The number of benzene rings is 2. The first kappa shape index (κ1) is 23.5. The second-order valence-corrected chi connectivity index (χ2v) is 9.41. The third-order valence-corrected chi connectivity index (χ3v) is 6.51. The molecular formula is C30H25FN6O. The fraction of sp³-hybridized carbons (Fsp3) is 0.133. The highest BCUT2D eigenvalue weighted by atomic mass is 19.1. The van der Waals surface area contributed by atoms with E-state index in [9.17, 15) is 9.18 Å². The molecule has 2 aromatic carbocycles. The van der Waals surface area contributed by atoms with Crippen molar-refractivity contribution in [3.8, 4) is 33.8 Å². The summed E-state index contributed by atoms with van der Waals surface area (Å²) in [5.74, 6) is -0.316. The van der Waals surface area contributed by atoms with Crippen molar-refractivity contribution in [1.29, 1.82) is 0 Å². The van der Waals surface area contributed by atoms with Crippen LogP contribution < -0.4 is 5.32 Å². The molecule has 0 unspecified atom stereocenters. The highest BCUT2D eigenvalue weighted by molar-refractivity contribution is 6.01. The number of aromatic amines is 2. The van der Waals surface area contributed by atoms with E-state index in [4.69, 9.17) is 0 Å². The molecule has 4 heterocycles. The third kappa shape index (κ3) is 4.41. The van der Waals surface area contributed by atoms with Crippen LogP contribution in [0.5, 0.6) is 0 Å². The molecule has 0 aliphatic carbocycles. The highest BCUT2D eigenvalue weighted by Gasteiger charge is 2.16. The van der Waals surface area contributed by atoms with Crippen LogP contribution in [0, 0.1) is 12.7 Å². The molecule has 6 aromatic rings. The van der Waals surface area contributed by atoms with Crippen molar-refractivity contribution >= 4 is 33.4 Å². The number of halogens is 1. The Morgan fingerprint density at radius 1 is 0.921 bits per heavy atom. The number of rotatable bonds is 6. The zero-order chi connectivity index (χ0) is 26.2. The Kier molecular flexibility index (Phi) is 5.92. The first-order valence-corrected chi connectivity index (χ1v) is 12.5. The Morgan fingerprint density at radius 3 is 2.63 bits per heavy atom. The van der Waals surface area contributed by atoms with Gasteiger partial charge in [-0.05, 0) is 73.0 Å². The summed E-state index contributed by atoms with van der Waals surface area (Å²) in [5, 5.41) is 12.4. The van der Waals surface area contributed by atoms with Gasteiger partial charge in [-0.1, -0.05) is 13.0 Å². The number of hydrogen-bond acceptors (Lipinski definition) is 4. The fourth-order valence-electron chi connectivity index (χ4n) is 4.80. The van der Waals surface area contributed by atoms with Gasteiger partial charge in [0, 0.05) is 46.2 Å². The molecule has 0 saturated heterocycles. The van der Waals surface area contributed by atoms with E-state index >= 15 is 0 Å². The normalized spacial score (nSPS) is 11.3. The number of hydrogen-bond donors (Lipinski definition) is 3. The number of H-pyrrole nitrogens is 2. The summed E-state index contributed by atoms with van der Waals surface area (Å²) < 4.78 is 14.1. The number of amides is 1. The summed E-state index contributed by atoms with van der Waals surface area (Å²) >= 11 is 0. The lowest BCUT2D eigenvalue weighted by atomic mass is 10.0. The number of aromatic nitrogens is 5. The first-order valence-electron chi connectivity index (χ1n) is 12.5. The van der Waals surface area contributed by atoms with Gasteiger partial charge in [0.1, 0.15) is 11.5 Å². The number of fused-ring (bicyclic) bond motifs is 2. The number of anilines is 1. The number of nitrogens with one attached hydrogen (secondary N) is 3. The van der Waals surface area contributed by atoms with Gasteiger partial charge >= 0.3 is 0 Å². The van der Waals surface area contributed by atoms with Crippen LogP contribution in [0.1, 0.15) is 25.3 Å². The molecule has 38 heavy (non-hydrogen) atoms. The van der Waals surface area contributed by atoms with E-state index in [0.29, 0.717) is 17.8 Å². The van der Waals surface area contributed by atoms with E-state index in [1.807, 2.05) is 50.2 Å². The summed E-state index contributed by atoms with van der Waals surface area (Å²) in [6.07, 6.45) is 6.40. The van der Waals surface area contributed by atoms with Crippen LogP contribution in [0.4, 0.5) is 10.1 Å². The van der Waals surface area contributed by atoms with Crippen LogP contribution in [-0.2, 0) is 4.79 Å². The van der Waals surface area contributed by atoms with Gasteiger partial charge in [-0.2, -0.15) is 5.10 Å². The smallest absolute Gasteiger partial charge is 0.224 e. The van der Waals surface area contributed by atoms with Crippen molar-refractivity contribution in [3.05, 3.63) is 84.6 Å². The molecule has 1 amide bonds. The average Bonchev–Trinajstić information content (AvgIpc) is 3.52. The maximum Gasteiger partial charge on any atom is 0.224 e. The minimum Gasteiger partial charge on any atom is -0.353 e. The number of pyridine rings is 2. The zero-order valence-electron chi connectivity index (χ0n) is 21.0. The molecule has 0 spiro atoms. The number of nitrogens with zero attached hydrogens (tertiary/aromatic N) is 3. The van der Waals surface area contributed by atoms with Crippen LogP contribution in [-0.4, -0.2) is 31.1 Å². The Hall–Kier alpha value is -4.85. The third-order valence-electron chi connectivity index (χ3n) is 6.51. The van der Waals surface area contributed by atoms with Crippen LogP contribution in [0.25, 0.3) is 55.6 Å². The van der Waals surface area contributed by atoms with Gasteiger partial charge in [0.25, 0.3) is 0 Å². The van der Waals surface area contributed by atoms with E-state index in [1.165, 1.54) is 12.1 Å². The summed E-state index contributed by atoms with van der Waals surface area (Å²) in [6, 6.07) is 16.8. The van der Waals surface area contributed by atoms with E-state index in [0.717, 1.165) is 61.9 Å². The van der Waals surface area contributed by atoms with Crippen molar-refractivity contribution < 1.29 is 9.18 Å². The molecule has 4 aromatic heterocycles. The predicted octanol–water partition coefficient (Wildman–Crippen LogP) is 7.02. The van der Waals surface area contributed by atoms with Crippen LogP contribution in [0.3, 0.4) is 0 Å². The van der Waals surface area contributed by atoms with Gasteiger partial charge in [-0.25, -0.2) is 4.39 Å². The standard InChI is InChI=1S/C30H25FN6O/c1-3-4-28(38)34-22-12-20(15-32-16-22)18-5-6-26-23(13-18)30(37-36-26)27-14-24-25(35-27)7-8-33-29(24)19-9-17(2)10-21(31)11-19/h5-16,35H,3-4H2,1-2H3,(H,34,38)(H,36,37). The van der Waals surface area contributed by atoms with Crippen LogP contribution in [0.15, 0.2) is 73.2 Å². The number of carbonyl (C=O) groups excluding carboxylic acids is 1. The van der Waals surface area contributed by atoms with Gasteiger partial charge in [-0.3, -0.25) is 19.9 Å². The summed E-state index contributed by atoms with van der Waals surface area (Å²) in [4.78, 5) is 24.4. The Labute approximate surface area is 218 Å². The molecule has 0 saturated carbocycles. The molecule has 8 heteroatoms. The largest absolute Gasteiger partial charge is 0.353 e. The molecule has 0 aliphatic heterocycles. The minimum atomic E-state index is -0.288. The first-order chi connectivity index (χ1) is 18.5. The molecule has 0 atom stereocenters. The second-order valence-electron chi connectivity index (χ2n) is 9.41. The fourth-order valence-corrected chi connectivity index (χ4v) is 4.80. The number of aryl methyl sites for hydroxylation is 1. The van der Waals surface area contributed by atoms with Crippen molar-refractivity contribution in [3.63, 3.8) is 0 Å². The lowest BCUT2D eigenvalue weighted by Crippen LogP contribution is -2.10. The highest BCUT2D eigenvalue weighted by Crippen LogP contribution is 2.35. The summed E-state index contributed by atoms with van der Waals surface area (Å²) in [7, 11) is 0. The predicted molar refractivity (Wildman–Crippen MR) is 148 cm³/mol. The van der Waals surface area contributed by atoms with Gasteiger partial charge in [0.05, 0.1) is 28.8 Å². The maximum absolute atomic E-state index is 14.1. The van der Waals surface area contributed by atoms with Crippen molar-refractivity contribution in [1.82, 2.24) is 25.1 Å². The van der Waals surface area contributed by atoms with Crippen molar-refractivity contribution in [2.24, 2.45) is 0 Å². The molecule has 3 N–H and O–H groups in total. The van der Waals surface area contributed by atoms with Gasteiger partial charge in [-0.15, -0.1) is 0 Å². The molecule has 188 valence electrons. The van der Waals surface area contributed by atoms with Crippen LogP contribution in [0.2, 0.25) is 0 Å². The Morgan fingerprint density at radius 2 is 1.79 bits per heavy atom. The minimum absolute atomic E-state index is 0.0277. The van der Waals surface area contributed by atoms with E-state index in [1.54, 1.807) is 18.6 Å². The van der Waals surface area contributed by atoms with Gasteiger partial charge < -0.3 is 10.3 Å². The molecule has 6 rings (SSSR count). The monoisotopic (exact) mass is 504 g/mol. The van der Waals surface area contributed by atoms with E-state index < -0.39 is 0 Å². The van der Waals surface area contributed by atoms with Gasteiger partial charge in [0.15, 0.2) is 0 Å². The lowest BCUT2D eigenvalue weighted by Gasteiger charge is -2.07. The molecule has 0 aliphatic rings. The average molecular weight is 505 g/mol. The maximum atomic E-state index is 14.1. The van der Waals surface area contributed by atoms with E-state index in [2.05, 4.69) is 36.5 Å². The topological polar surface area (TPSA) is 99.3 Å². The zero-order valence-corrected chi connectivity index (χ0v) is 21.0. The summed E-state index contributed by atoms with van der Waals surface area (Å²) in [5.41, 5.74) is 8.14. The quantitative estimate of drug-likeness (QED) is 0.227.